The average molecular weight is 436 g/mol. The zero-order chi connectivity index (χ0) is 21.6. The highest BCUT2D eigenvalue weighted by molar-refractivity contribution is 7.89. The molecule has 160 valence electrons. The number of rotatable bonds is 5. The second-order valence-electron chi connectivity index (χ2n) is 8.39. The van der Waals surface area contributed by atoms with Crippen molar-refractivity contribution in [3.63, 3.8) is 0 Å². The molecule has 0 unspecified atom stereocenters. The van der Waals surface area contributed by atoms with Gasteiger partial charge in [0.05, 0.1) is 27.8 Å². The van der Waals surface area contributed by atoms with Gasteiger partial charge < -0.3 is 4.57 Å². The number of sulfonamides is 1. The molecule has 0 spiro atoms. The number of hydrogen-bond acceptors (Lipinski definition) is 4. The molecular weight excluding hydrogens is 410 g/mol. The summed E-state index contributed by atoms with van der Waals surface area (Å²) in [5, 5.41) is 6.80. The monoisotopic (exact) mass is 435 g/mol. The molecule has 1 aliphatic heterocycles. The summed E-state index contributed by atoms with van der Waals surface area (Å²) in [6, 6.07) is 13.2. The Balaban J connectivity index is 1.35. The Bertz CT molecular complexity index is 1310. The summed E-state index contributed by atoms with van der Waals surface area (Å²) in [6.07, 6.45) is 6.46. The molecule has 31 heavy (non-hydrogen) atoms. The maximum Gasteiger partial charge on any atom is 0.243 e. The third-order valence-electron chi connectivity index (χ3n) is 6.10. The summed E-state index contributed by atoms with van der Waals surface area (Å²) in [5.41, 5.74) is 4.86. The van der Waals surface area contributed by atoms with Gasteiger partial charge in [0.15, 0.2) is 0 Å². The SMILES string of the molecule is Cc1ccc(S(=O)(=O)N2C[C@@H](Cn3ccc4nc(-c5cn[nH]c5)ccc43)C[C@H]2C)cc1. The van der Waals surface area contributed by atoms with Crippen molar-refractivity contribution in [1.82, 2.24) is 24.1 Å². The first-order valence-corrected chi connectivity index (χ1v) is 11.9. The van der Waals surface area contributed by atoms with Gasteiger partial charge in [0.1, 0.15) is 0 Å². The molecule has 7 nitrogen and oxygen atoms in total. The van der Waals surface area contributed by atoms with E-state index in [9.17, 15) is 8.42 Å². The molecule has 4 aromatic rings. The number of hydrogen-bond donors (Lipinski definition) is 1. The number of nitrogens with one attached hydrogen (secondary N) is 1. The summed E-state index contributed by atoms with van der Waals surface area (Å²) in [5.74, 6) is 0.249. The van der Waals surface area contributed by atoms with Crippen molar-refractivity contribution < 1.29 is 8.42 Å². The standard InChI is InChI=1S/C23H25N5O2S/c1-16-3-5-20(6-4-16)31(29,30)28-15-18(11-17(28)2)14-27-10-9-22-23(27)8-7-21(26-22)19-12-24-25-13-19/h3-10,12-13,17-18H,11,14-15H2,1-2H3,(H,24,25)/t17-,18-/m1/s1. The number of nitrogens with zero attached hydrogens (tertiary/aromatic N) is 4. The summed E-state index contributed by atoms with van der Waals surface area (Å²) < 4.78 is 30.2. The lowest BCUT2D eigenvalue weighted by Crippen LogP contribution is -2.34. The molecule has 0 aliphatic carbocycles. The molecule has 8 heteroatoms. The lowest BCUT2D eigenvalue weighted by atomic mass is 10.1. The van der Waals surface area contributed by atoms with Crippen molar-refractivity contribution in [2.45, 2.75) is 37.8 Å². The smallest absolute Gasteiger partial charge is 0.243 e. The van der Waals surface area contributed by atoms with Gasteiger partial charge in [-0.1, -0.05) is 17.7 Å². The molecule has 0 amide bonds. The predicted octanol–water partition coefficient (Wildman–Crippen LogP) is 3.83. The van der Waals surface area contributed by atoms with Crippen LogP contribution >= 0.6 is 0 Å². The van der Waals surface area contributed by atoms with Crippen molar-refractivity contribution in [1.29, 1.82) is 0 Å². The summed E-state index contributed by atoms with van der Waals surface area (Å²) >= 11 is 0. The van der Waals surface area contributed by atoms with Crippen molar-refractivity contribution in [2.24, 2.45) is 5.92 Å². The molecule has 1 saturated heterocycles. The van der Waals surface area contributed by atoms with E-state index < -0.39 is 10.0 Å². The van der Waals surface area contributed by atoms with E-state index in [0.717, 1.165) is 40.8 Å². The quantitative estimate of drug-likeness (QED) is 0.516. The molecule has 0 radical (unpaired) electrons. The van der Waals surface area contributed by atoms with Gasteiger partial charge in [-0.2, -0.15) is 9.40 Å². The van der Waals surface area contributed by atoms with Gasteiger partial charge in [-0.3, -0.25) is 5.10 Å². The molecule has 1 N–H and O–H groups in total. The van der Waals surface area contributed by atoms with E-state index in [2.05, 4.69) is 20.8 Å². The average Bonchev–Trinajstić information content (AvgIpc) is 3.49. The highest BCUT2D eigenvalue weighted by Gasteiger charge is 2.37. The van der Waals surface area contributed by atoms with Crippen LogP contribution in [0, 0.1) is 12.8 Å². The number of fused-ring (bicyclic) bond motifs is 1. The van der Waals surface area contributed by atoms with Crippen LogP contribution in [0.2, 0.25) is 0 Å². The van der Waals surface area contributed by atoms with Gasteiger partial charge in [0.2, 0.25) is 10.0 Å². The topological polar surface area (TPSA) is 83.9 Å². The van der Waals surface area contributed by atoms with Crippen molar-refractivity contribution in [3.8, 4) is 11.3 Å². The molecule has 0 saturated carbocycles. The second-order valence-corrected chi connectivity index (χ2v) is 10.3. The van der Waals surface area contributed by atoms with Crippen molar-refractivity contribution in [2.75, 3.05) is 6.54 Å². The van der Waals surface area contributed by atoms with Crippen LogP contribution in [0.25, 0.3) is 22.3 Å². The minimum absolute atomic E-state index is 0.0241. The Labute approximate surface area is 181 Å². The van der Waals surface area contributed by atoms with Crippen LogP contribution in [0.5, 0.6) is 0 Å². The van der Waals surface area contributed by atoms with Crippen LogP contribution in [0.3, 0.4) is 0 Å². The molecule has 0 bridgehead atoms. The first kappa shape index (κ1) is 20.0. The van der Waals surface area contributed by atoms with E-state index in [1.165, 1.54) is 0 Å². The van der Waals surface area contributed by atoms with Crippen LogP contribution in [0.15, 0.2) is 66.0 Å². The molecule has 1 aliphatic rings. The molecule has 3 aromatic heterocycles. The van der Waals surface area contributed by atoms with E-state index in [4.69, 9.17) is 4.98 Å². The summed E-state index contributed by atoms with van der Waals surface area (Å²) in [4.78, 5) is 5.11. The van der Waals surface area contributed by atoms with Crippen LogP contribution in [-0.2, 0) is 16.6 Å². The number of H-pyrrole nitrogens is 1. The van der Waals surface area contributed by atoms with Gasteiger partial charge in [-0.15, -0.1) is 0 Å². The molecule has 5 rings (SSSR count). The number of aromatic nitrogens is 4. The number of benzene rings is 1. The van der Waals surface area contributed by atoms with Crippen LogP contribution in [0.4, 0.5) is 0 Å². The third kappa shape index (κ3) is 3.66. The Kier molecular flexibility index (Phi) is 4.91. The molecule has 2 atom stereocenters. The van der Waals surface area contributed by atoms with Crippen LogP contribution in [-0.4, -0.2) is 45.1 Å². The van der Waals surface area contributed by atoms with Crippen molar-refractivity contribution in [3.05, 3.63) is 66.6 Å². The second kappa shape index (κ2) is 7.62. The highest BCUT2D eigenvalue weighted by atomic mass is 32.2. The molecular formula is C23H25N5O2S. The number of pyridine rings is 1. The molecule has 4 heterocycles. The van der Waals surface area contributed by atoms with Crippen LogP contribution in [0.1, 0.15) is 18.9 Å². The van der Waals surface area contributed by atoms with Gasteiger partial charge >= 0.3 is 0 Å². The van der Waals surface area contributed by atoms with E-state index in [-0.39, 0.29) is 12.0 Å². The van der Waals surface area contributed by atoms with Gasteiger partial charge in [0, 0.05) is 37.1 Å². The number of aryl methyl sites for hydroxylation is 1. The minimum atomic E-state index is -3.49. The first-order chi connectivity index (χ1) is 14.9. The fourth-order valence-corrected chi connectivity index (χ4v) is 6.20. The summed E-state index contributed by atoms with van der Waals surface area (Å²) in [6.45, 7) is 5.25. The van der Waals surface area contributed by atoms with Crippen molar-refractivity contribution >= 4 is 21.1 Å². The maximum absolute atomic E-state index is 13.2. The first-order valence-electron chi connectivity index (χ1n) is 10.5. The van der Waals surface area contributed by atoms with E-state index in [1.54, 1.807) is 22.6 Å². The third-order valence-corrected chi connectivity index (χ3v) is 8.10. The molecule has 1 fully saturated rings. The van der Waals surface area contributed by atoms with E-state index in [1.807, 2.05) is 50.5 Å². The normalized spacial score (nSPS) is 19.9. The van der Waals surface area contributed by atoms with Gasteiger partial charge in [-0.05, 0) is 56.5 Å². The highest BCUT2D eigenvalue weighted by Crippen LogP contribution is 2.31. The number of aromatic amines is 1. The Morgan fingerprint density at radius 2 is 1.94 bits per heavy atom. The maximum atomic E-state index is 13.2. The minimum Gasteiger partial charge on any atom is -0.346 e. The lowest BCUT2D eigenvalue weighted by Gasteiger charge is -2.21. The Hall–Kier alpha value is -2.97. The lowest BCUT2D eigenvalue weighted by molar-refractivity contribution is 0.399. The fraction of sp³-hybridized carbons (Fsp3) is 0.304. The van der Waals surface area contributed by atoms with Crippen LogP contribution < -0.4 is 0 Å². The zero-order valence-electron chi connectivity index (χ0n) is 17.6. The zero-order valence-corrected chi connectivity index (χ0v) is 18.4. The Morgan fingerprint density at radius 3 is 2.68 bits per heavy atom. The van der Waals surface area contributed by atoms with Gasteiger partial charge in [-0.25, -0.2) is 13.4 Å². The molecule has 1 aromatic carbocycles. The predicted molar refractivity (Wildman–Crippen MR) is 120 cm³/mol. The Morgan fingerprint density at radius 1 is 1.13 bits per heavy atom. The fourth-order valence-electron chi connectivity index (χ4n) is 4.48. The van der Waals surface area contributed by atoms with E-state index in [0.29, 0.717) is 11.4 Å². The van der Waals surface area contributed by atoms with E-state index >= 15 is 0 Å². The van der Waals surface area contributed by atoms with Gasteiger partial charge in [0.25, 0.3) is 0 Å². The largest absolute Gasteiger partial charge is 0.346 e. The summed E-state index contributed by atoms with van der Waals surface area (Å²) in [7, 11) is -3.49.